The summed E-state index contributed by atoms with van der Waals surface area (Å²) >= 11 is 0. The highest BCUT2D eigenvalue weighted by Crippen LogP contribution is 2.18. The van der Waals surface area contributed by atoms with Gasteiger partial charge in [0.25, 0.3) is 0 Å². The van der Waals surface area contributed by atoms with Gasteiger partial charge >= 0.3 is 6.03 Å². The van der Waals surface area contributed by atoms with Crippen molar-refractivity contribution in [3.8, 4) is 0 Å². The van der Waals surface area contributed by atoms with Gasteiger partial charge in [-0.15, -0.1) is 0 Å². The molecule has 0 bridgehead atoms. The van der Waals surface area contributed by atoms with Crippen molar-refractivity contribution in [1.29, 1.82) is 0 Å². The molecule has 1 aliphatic carbocycles. The first-order valence-corrected chi connectivity index (χ1v) is 8.28. The Balaban J connectivity index is 1.31. The van der Waals surface area contributed by atoms with E-state index in [9.17, 15) is 4.79 Å². The zero-order valence-corrected chi connectivity index (χ0v) is 13.6. The molecule has 3 aromatic heterocycles. The van der Waals surface area contributed by atoms with E-state index in [-0.39, 0.29) is 12.1 Å². The van der Waals surface area contributed by atoms with Crippen LogP contribution in [0.3, 0.4) is 0 Å². The maximum Gasteiger partial charge on any atom is 0.320 e. The van der Waals surface area contributed by atoms with Crippen LogP contribution >= 0.6 is 0 Å². The van der Waals surface area contributed by atoms with Gasteiger partial charge in [-0.25, -0.2) is 4.79 Å². The van der Waals surface area contributed by atoms with E-state index in [1.807, 2.05) is 30.6 Å². The molecule has 0 fully saturated rings. The van der Waals surface area contributed by atoms with Crippen molar-refractivity contribution in [3.05, 3.63) is 59.8 Å². The minimum Gasteiger partial charge on any atom is -0.335 e. The van der Waals surface area contributed by atoms with Crippen molar-refractivity contribution in [2.24, 2.45) is 0 Å². The SMILES string of the molecule is O=C(Nc1ccn(Cc2ccccn2)n1)N[C@@H]1CCc2[nH]ncc2C1. The molecule has 0 aromatic carbocycles. The number of pyridine rings is 1. The number of aromatic amines is 1. The smallest absolute Gasteiger partial charge is 0.320 e. The summed E-state index contributed by atoms with van der Waals surface area (Å²) in [5.74, 6) is 0.522. The average molecular weight is 337 g/mol. The van der Waals surface area contributed by atoms with E-state index in [0.717, 1.165) is 25.0 Å². The van der Waals surface area contributed by atoms with Crippen LogP contribution in [0, 0.1) is 0 Å². The van der Waals surface area contributed by atoms with Crippen molar-refractivity contribution in [3.63, 3.8) is 0 Å². The number of aryl methyl sites for hydroxylation is 1. The Bertz CT molecular complexity index is 855. The minimum absolute atomic E-state index is 0.112. The standard InChI is InChI=1S/C17H19N7O/c25-17(20-13-4-5-15-12(9-13)10-19-22-15)21-16-6-8-24(23-16)11-14-3-1-2-7-18-14/h1-3,6-8,10,13H,4-5,9,11H2,(H,19,22)(H2,20,21,23,25)/t13-/m1/s1. The number of fused-ring (bicyclic) bond motifs is 1. The molecule has 3 N–H and O–H groups in total. The first kappa shape index (κ1) is 15.4. The van der Waals surface area contributed by atoms with E-state index in [4.69, 9.17) is 0 Å². The van der Waals surface area contributed by atoms with Crippen molar-refractivity contribution in [2.75, 3.05) is 5.32 Å². The summed E-state index contributed by atoms with van der Waals surface area (Å²) in [7, 11) is 0. The Morgan fingerprint density at radius 1 is 1.36 bits per heavy atom. The number of amides is 2. The monoisotopic (exact) mass is 337 g/mol. The third-order valence-corrected chi connectivity index (χ3v) is 4.28. The molecule has 0 radical (unpaired) electrons. The van der Waals surface area contributed by atoms with Gasteiger partial charge in [-0.1, -0.05) is 6.07 Å². The van der Waals surface area contributed by atoms with Crippen molar-refractivity contribution in [2.45, 2.75) is 31.8 Å². The number of aromatic nitrogens is 5. The highest BCUT2D eigenvalue weighted by atomic mass is 16.2. The lowest BCUT2D eigenvalue weighted by molar-refractivity contribution is 0.247. The average Bonchev–Trinajstić information content (AvgIpc) is 3.24. The van der Waals surface area contributed by atoms with Crippen LogP contribution in [-0.4, -0.2) is 37.0 Å². The molecule has 0 saturated heterocycles. The van der Waals surface area contributed by atoms with E-state index in [1.54, 1.807) is 16.9 Å². The molecule has 128 valence electrons. The number of nitrogens with one attached hydrogen (secondary N) is 3. The Kier molecular flexibility index (Phi) is 4.16. The molecular weight excluding hydrogens is 318 g/mol. The quantitative estimate of drug-likeness (QED) is 0.675. The first-order chi connectivity index (χ1) is 12.3. The van der Waals surface area contributed by atoms with Crippen LogP contribution in [0.1, 0.15) is 23.4 Å². The summed E-state index contributed by atoms with van der Waals surface area (Å²) < 4.78 is 1.75. The molecule has 3 aromatic rings. The Morgan fingerprint density at radius 3 is 3.20 bits per heavy atom. The number of urea groups is 1. The lowest BCUT2D eigenvalue weighted by atomic mass is 9.94. The molecule has 0 spiro atoms. The maximum atomic E-state index is 12.2. The third kappa shape index (κ3) is 3.68. The molecule has 4 rings (SSSR count). The maximum absolute atomic E-state index is 12.2. The van der Waals surface area contributed by atoms with Crippen LogP contribution in [-0.2, 0) is 19.4 Å². The number of nitrogens with zero attached hydrogens (tertiary/aromatic N) is 4. The van der Waals surface area contributed by atoms with Gasteiger partial charge in [-0.05, 0) is 37.0 Å². The fourth-order valence-electron chi connectivity index (χ4n) is 3.05. The number of H-pyrrole nitrogens is 1. The van der Waals surface area contributed by atoms with Crippen LogP contribution in [0.5, 0.6) is 0 Å². The van der Waals surface area contributed by atoms with Gasteiger partial charge < -0.3 is 5.32 Å². The van der Waals surface area contributed by atoms with Crippen molar-refractivity contribution < 1.29 is 4.79 Å². The van der Waals surface area contributed by atoms with Crippen LogP contribution in [0.25, 0.3) is 0 Å². The number of anilines is 1. The normalized spacial score (nSPS) is 16.2. The largest absolute Gasteiger partial charge is 0.335 e. The number of carbonyl (C=O) groups excluding carboxylic acids is 1. The summed E-state index contributed by atoms with van der Waals surface area (Å²) in [6.07, 6.45) is 8.01. The third-order valence-electron chi connectivity index (χ3n) is 4.28. The molecule has 1 aliphatic rings. The van der Waals surface area contributed by atoms with E-state index < -0.39 is 0 Å². The molecule has 1 atom stereocenters. The fraction of sp³-hybridized carbons (Fsp3) is 0.294. The molecular formula is C17H19N7O. The van der Waals surface area contributed by atoms with Crippen LogP contribution in [0.2, 0.25) is 0 Å². The van der Waals surface area contributed by atoms with E-state index in [0.29, 0.717) is 12.4 Å². The molecule has 8 nitrogen and oxygen atoms in total. The van der Waals surface area contributed by atoms with Crippen LogP contribution in [0.15, 0.2) is 42.9 Å². The first-order valence-electron chi connectivity index (χ1n) is 8.28. The Hall–Kier alpha value is -3.16. The van der Waals surface area contributed by atoms with Gasteiger partial charge in [-0.3, -0.25) is 20.1 Å². The number of rotatable bonds is 4. The molecule has 0 saturated carbocycles. The predicted octanol–water partition coefficient (Wildman–Crippen LogP) is 1.73. The summed E-state index contributed by atoms with van der Waals surface area (Å²) in [4.78, 5) is 16.5. The van der Waals surface area contributed by atoms with Gasteiger partial charge in [0, 0.05) is 30.2 Å². The van der Waals surface area contributed by atoms with E-state index in [2.05, 4.69) is 30.9 Å². The van der Waals surface area contributed by atoms with Gasteiger partial charge in [-0.2, -0.15) is 10.2 Å². The zero-order valence-electron chi connectivity index (χ0n) is 13.6. The second-order valence-electron chi connectivity index (χ2n) is 6.13. The molecule has 25 heavy (non-hydrogen) atoms. The lowest BCUT2D eigenvalue weighted by Crippen LogP contribution is -2.41. The zero-order chi connectivity index (χ0) is 17.1. The van der Waals surface area contributed by atoms with Crippen molar-refractivity contribution >= 4 is 11.8 Å². The molecule has 0 aliphatic heterocycles. The molecule has 0 unspecified atom stereocenters. The molecule has 8 heteroatoms. The number of hydrogen-bond donors (Lipinski definition) is 3. The lowest BCUT2D eigenvalue weighted by Gasteiger charge is -2.22. The predicted molar refractivity (Wildman–Crippen MR) is 92.1 cm³/mol. The number of carbonyl (C=O) groups is 1. The Labute approximate surface area is 144 Å². The molecule has 3 heterocycles. The fourth-order valence-corrected chi connectivity index (χ4v) is 3.05. The minimum atomic E-state index is -0.236. The van der Waals surface area contributed by atoms with E-state index >= 15 is 0 Å². The van der Waals surface area contributed by atoms with Gasteiger partial charge in [0.15, 0.2) is 5.82 Å². The van der Waals surface area contributed by atoms with Gasteiger partial charge in [0.05, 0.1) is 18.4 Å². The summed E-state index contributed by atoms with van der Waals surface area (Å²) in [6, 6.07) is 7.41. The second kappa shape index (κ2) is 6.76. The van der Waals surface area contributed by atoms with Crippen molar-refractivity contribution in [1.82, 2.24) is 30.3 Å². The van der Waals surface area contributed by atoms with Gasteiger partial charge in [0.1, 0.15) is 0 Å². The summed E-state index contributed by atoms with van der Waals surface area (Å²) in [6.45, 7) is 0.566. The van der Waals surface area contributed by atoms with E-state index in [1.165, 1.54) is 11.3 Å². The second-order valence-corrected chi connectivity index (χ2v) is 6.13. The van der Waals surface area contributed by atoms with Gasteiger partial charge in [0.2, 0.25) is 0 Å². The highest BCUT2D eigenvalue weighted by molar-refractivity contribution is 5.88. The van der Waals surface area contributed by atoms with Crippen LogP contribution < -0.4 is 10.6 Å². The summed E-state index contributed by atoms with van der Waals surface area (Å²) in [5.41, 5.74) is 3.27. The topological polar surface area (TPSA) is 101 Å². The van der Waals surface area contributed by atoms with Crippen LogP contribution in [0.4, 0.5) is 10.6 Å². The summed E-state index contributed by atoms with van der Waals surface area (Å²) in [5, 5.41) is 17.2. The molecule has 2 amide bonds. The highest BCUT2D eigenvalue weighted by Gasteiger charge is 2.21. The Morgan fingerprint density at radius 2 is 2.32 bits per heavy atom. The number of hydrogen-bond acceptors (Lipinski definition) is 4.